The van der Waals surface area contributed by atoms with Gasteiger partial charge in [-0.3, -0.25) is 0 Å². The third-order valence-electron chi connectivity index (χ3n) is 2.60. The molecule has 0 aromatic carbocycles. The maximum Gasteiger partial charge on any atom is 0.183 e. The normalized spacial score (nSPS) is 15.6. The van der Waals surface area contributed by atoms with Crippen molar-refractivity contribution in [2.45, 2.75) is 26.7 Å². The molecule has 1 N–H and O–H groups in total. The van der Waals surface area contributed by atoms with E-state index in [0.29, 0.717) is 0 Å². The number of hydrogen-bond donors (Lipinski definition) is 1. The van der Waals surface area contributed by atoms with E-state index < -0.39 is 0 Å². The summed E-state index contributed by atoms with van der Waals surface area (Å²) < 4.78 is 5.53. The molecule has 1 aliphatic carbocycles. The molecule has 0 radical (unpaired) electrons. The molecule has 0 saturated heterocycles. The molecule has 2 rings (SSSR count). The number of aromatic nitrogens is 1. The van der Waals surface area contributed by atoms with Crippen LogP contribution in [-0.2, 0) is 4.74 Å². The summed E-state index contributed by atoms with van der Waals surface area (Å²) in [6, 6.07) is 0. The molecule has 1 fully saturated rings. The summed E-state index contributed by atoms with van der Waals surface area (Å²) in [6.45, 7) is 6.73. The zero-order valence-electron chi connectivity index (χ0n) is 9.38. The summed E-state index contributed by atoms with van der Waals surface area (Å²) in [5.74, 6) is 0.856. The number of hydrogen-bond acceptors (Lipinski definition) is 4. The number of thiazole rings is 1. The van der Waals surface area contributed by atoms with Crippen LogP contribution in [0.15, 0.2) is 0 Å². The second-order valence-corrected chi connectivity index (χ2v) is 5.31. The number of nitrogens with zero attached hydrogens (tertiary/aromatic N) is 1. The van der Waals surface area contributed by atoms with Crippen LogP contribution in [-0.4, -0.2) is 24.7 Å². The van der Waals surface area contributed by atoms with E-state index in [1.165, 1.54) is 17.7 Å². The van der Waals surface area contributed by atoms with Crippen molar-refractivity contribution in [2.75, 3.05) is 25.1 Å². The second kappa shape index (κ2) is 4.94. The lowest BCUT2D eigenvalue weighted by molar-refractivity contribution is 0.134. The molecule has 0 unspecified atom stereocenters. The van der Waals surface area contributed by atoms with Gasteiger partial charge in [0.15, 0.2) is 5.13 Å². The molecule has 1 aliphatic rings. The summed E-state index contributed by atoms with van der Waals surface area (Å²) in [4.78, 5) is 5.70. The van der Waals surface area contributed by atoms with Crippen molar-refractivity contribution in [1.82, 2.24) is 4.98 Å². The highest BCUT2D eigenvalue weighted by molar-refractivity contribution is 7.15. The first-order chi connectivity index (χ1) is 7.25. The molecule has 84 valence electrons. The number of rotatable bonds is 6. The van der Waals surface area contributed by atoms with Crippen molar-refractivity contribution < 1.29 is 4.74 Å². The second-order valence-electron chi connectivity index (χ2n) is 4.11. The Kier molecular flexibility index (Phi) is 3.59. The minimum Gasteiger partial charge on any atom is -0.379 e. The molecule has 1 aromatic heterocycles. The highest BCUT2D eigenvalue weighted by atomic mass is 32.1. The van der Waals surface area contributed by atoms with E-state index in [1.54, 1.807) is 11.3 Å². The van der Waals surface area contributed by atoms with Crippen molar-refractivity contribution in [3.63, 3.8) is 0 Å². The first-order valence-electron chi connectivity index (χ1n) is 5.51. The molecule has 0 amide bonds. The Balaban J connectivity index is 1.60. The lowest BCUT2D eigenvalue weighted by atomic mass is 10.4. The Hall–Kier alpha value is -0.610. The largest absolute Gasteiger partial charge is 0.379 e. The SMILES string of the molecule is Cc1nc(NCCOCC2CC2)sc1C. The van der Waals surface area contributed by atoms with Gasteiger partial charge in [0.2, 0.25) is 0 Å². The van der Waals surface area contributed by atoms with Gasteiger partial charge >= 0.3 is 0 Å². The van der Waals surface area contributed by atoms with Gasteiger partial charge in [-0.25, -0.2) is 4.98 Å². The van der Waals surface area contributed by atoms with Crippen molar-refractivity contribution in [3.8, 4) is 0 Å². The third-order valence-corrected chi connectivity index (χ3v) is 3.63. The van der Waals surface area contributed by atoms with Gasteiger partial charge in [0.25, 0.3) is 0 Å². The van der Waals surface area contributed by atoms with E-state index in [-0.39, 0.29) is 0 Å². The van der Waals surface area contributed by atoms with Crippen LogP contribution in [0.4, 0.5) is 5.13 Å². The Morgan fingerprint density at radius 1 is 1.47 bits per heavy atom. The quantitative estimate of drug-likeness (QED) is 0.757. The maximum absolute atomic E-state index is 5.53. The fourth-order valence-electron chi connectivity index (χ4n) is 1.31. The van der Waals surface area contributed by atoms with Crippen LogP contribution in [0.3, 0.4) is 0 Å². The van der Waals surface area contributed by atoms with Gasteiger partial charge in [-0.15, -0.1) is 11.3 Å². The van der Waals surface area contributed by atoms with Gasteiger partial charge < -0.3 is 10.1 Å². The first kappa shape index (κ1) is 10.9. The van der Waals surface area contributed by atoms with Crippen LogP contribution in [0.25, 0.3) is 0 Å². The predicted molar refractivity (Wildman–Crippen MR) is 63.6 cm³/mol. The molecule has 4 heteroatoms. The van der Waals surface area contributed by atoms with Gasteiger partial charge in [-0.2, -0.15) is 0 Å². The fourth-order valence-corrected chi connectivity index (χ4v) is 2.15. The molecule has 1 aromatic rings. The standard InChI is InChI=1S/C11H18N2OS/c1-8-9(2)15-11(13-8)12-5-6-14-7-10-3-4-10/h10H,3-7H2,1-2H3,(H,12,13). The van der Waals surface area contributed by atoms with Crippen LogP contribution in [0.2, 0.25) is 0 Å². The molecular formula is C11H18N2OS. The van der Waals surface area contributed by atoms with Gasteiger partial charge in [0.1, 0.15) is 0 Å². The lowest BCUT2D eigenvalue weighted by Gasteiger charge is -2.03. The predicted octanol–water partition coefficient (Wildman–Crippen LogP) is 2.60. The molecule has 0 bridgehead atoms. The zero-order valence-corrected chi connectivity index (χ0v) is 10.2. The van der Waals surface area contributed by atoms with Crippen LogP contribution in [0.5, 0.6) is 0 Å². The van der Waals surface area contributed by atoms with Crippen molar-refractivity contribution in [2.24, 2.45) is 5.92 Å². The number of anilines is 1. The molecule has 0 spiro atoms. The number of ether oxygens (including phenoxy) is 1. The molecule has 1 saturated carbocycles. The van der Waals surface area contributed by atoms with E-state index in [4.69, 9.17) is 4.74 Å². The van der Waals surface area contributed by atoms with Gasteiger partial charge in [0.05, 0.1) is 12.3 Å². The monoisotopic (exact) mass is 226 g/mol. The highest BCUT2D eigenvalue weighted by Gasteiger charge is 2.20. The van der Waals surface area contributed by atoms with Crippen LogP contribution in [0.1, 0.15) is 23.4 Å². The minimum atomic E-state index is 0.786. The van der Waals surface area contributed by atoms with Crippen molar-refractivity contribution >= 4 is 16.5 Å². The minimum absolute atomic E-state index is 0.786. The van der Waals surface area contributed by atoms with Crippen LogP contribution < -0.4 is 5.32 Å². The smallest absolute Gasteiger partial charge is 0.183 e. The zero-order chi connectivity index (χ0) is 10.7. The maximum atomic E-state index is 5.53. The lowest BCUT2D eigenvalue weighted by Crippen LogP contribution is -2.10. The van der Waals surface area contributed by atoms with E-state index >= 15 is 0 Å². The van der Waals surface area contributed by atoms with Gasteiger partial charge in [-0.1, -0.05) is 0 Å². The molecule has 0 atom stereocenters. The Morgan fingerprint density at radius 3 is 2.87 bits per heavy atom. The van der Waals surface area contributed by atoms with Crippen molar-refractivity contribution in [1.29, 1.82) is 0 Å². The summed E-state index contributed by atoms with van der Waals surface area (Å²) in [7, 11) is 0. The molecule has 15 heavy (non-hydrogen) atoms. The van der Waals surface area contributed by atoms with E-state index in [0.717, 1.165) is 36.5 Å². The summed E-state index contributed by atoms with van der Waals surface area (Å²) in [5.41, 5.74) is 1.13. The Labute approximate surface area is 94.9 Å². The summed E-state index contributed by atoms with van der Waals surface area (Å²) in [5, 5.41) is 4.30. The average molecular weight is 226 g/mol. The molecular weight excluding hydrogens is 208 g/mol. The molecule has 0 aliphatic heterocycles. The summed E-state index contributed by atoms with van der Waals surface area (Å²) in [6.07, 6.45) is 2.72. The Bertz CT molecular complexity index is 301. The third kappa shape index (κ3) is 3.47. The topological polar surface area (TPSA) is 34.2 Å². The Morgan fingerprint density at radius 2 is 2.27 bits per heavy atom. The highest BCUT2D eigenvalue weighted by Crippen LogP contribution is 2.28. The van der Waals surface area contributed by atoms with Crippen molar-refractivity contribution in [3.05, 3.63) is 10.6 Å². The van der Waals surface area contributed by atoms with Gasteiger partial charge in [-0.05, 0) is 32.6 Å². The fraction of sp³-hybridized carbons (Fsp3) is 0.727. The van der Waals surface area contributed by atoms with Gasteiger partial charge in [0, 0.05) is 18.0 Å². The average Bonchev–Trinajstić information content (AvgIpc) is 2.95. The van der Waals surface area contributed by atoms with Crippen LogP contribution in [0, 0.1) is 19.8 Å². The van der Waals surface area contributed by atoms with E-state index in [2.05, 4.69) is 17.2 Å². The summed E-state index contributed by atoms with van der Waals surface area (Å²) >= 11 is 1.71. The number of aryl methyl sites for hydroxylation is 2. The molecule has 1 heterocycles. The van der Waals surface area contributed by atoms with E-state index in [9.17, 15) is 0 Å². The van der Waals surface area contributed by atoms with Crippen LogP contribution >= 0.6 is 11.3 Å². The molecule has 3 nitrogen and oxygen atoms in total. The van der Waals surface area contributed by atoms with E-state index in [1.807, 2.05) is 6.92 Å². The first-order valence-corrected chi connectivity index (χ1v) is 6.33. The number of nitrogens with one attached hydrogen (secondary N) is 1.